The number of allylic oxidation sites excluding steroid dienone is 1. The van der Waals surface area contributed by atoms with Crippen LogP contribution >= 0.6 is 15.9 Å². The molecule has 2 aromatic rings. The van der Waals surface area contributed by atoms with Gasteiger partial charge in [0.15, 0.2) is 0 Å². The van der Waals surface area contributed by atoms with Crippen LogP contribution in [0, 0.1) is 5.92 Å². The number of hydrogen-bond acceptors (Lipinski definition) is 8. The number of amides is 4. The van der Waals surface area contributed by atoms with Gasteiger partial charge in [-0.2, -0.15) is 0 Å². The van der Waals surface area contributed by atoms with Gasteiger partial charge in [0.1, 0.15) is 23.4 Å². The summed E-state index contributed by atoms with van der Waals surface area (Å²) in [7, 11) is -0.517. The maximum absolute atomic E-state index is 13.9. The maximum atomic E-state index is 13.9. The van der Waals surface area contributed by atoms with Gasteiger partial charge in [-0.05, 0) is 72.7 Å². The van der Waals surface area contributed by atoms with Crippen LogP contribution in [0.2, 0.25) is 0 Å². The van der Waals surface area contributed by atoms with Crippen LogP contribution in [0.15, 0.2) is 41.0 Å². The summed E-state index contributed by atoms with van der Waals surface area (Å²) >= 11 is 3.53. The number of nitrogens with one attached hydrogen (secondary N) is 2. The molecule has 12 nitrogen and oxygen atoms in total. The molecule has 4 amide bonds. The zero-order chi connectivity index (χ0) is 31.2. The third-order valence-electron chi connectivity index (χ3n) is 8.87. The van der Waals surface area contributed by atoms with Gasteiger partial charge in [-0.3, -0.25) is 14.3 Å². The minimum Gasteiger partial charge on any atom is -0.497 e. The van der Waals surface area contributed by atoms with E-state index in [1.54, 1.807) is 31.3 Å². The summed E-state index contributed by atoms with van der Waals surface area (Å²) in [5.74, 6) is -0.575. The Labute approximate surface area is 264 Å². The number of pyridine rings is 1. The van der Waals surface area contributed by atoms with Gasteiger partial charge < -0.3 is 24.6 Å². The van der Waals surface area contributed by atoms with Crippen LogP contribution in [-0.4, -0.2) is 91.2 Å². The lowest BCUT2D eigenvalue weighted by Crippen LogP contribution is -2.57. The Hall–Kier alpha value is -3.39. The molecule has 236 valence electrons. The van der Waals surface area contributed by atoms with Crippen molar-refractivity contribution in [3.05, 3.63) is 41.0 Å². The molecule has 14 heteroatoms. The van der Waals surface area contributed by atoms with E-state index in [0.717, 1.165) is 34.5 Å². The molecule has 2 aliphatic carbocycles. The average molecular weight is 691 g/mol. The SMILES string of the molecule is COc1ccc2c(O[C@@H]3C[C@H]4C(=O)N[C@]5(C(=O)NS(=O)(=O)C6CC6)C[C@H]5/C=C\CCCCN(C)C(=O)N4C3)ncc(Br)c2c1. The number of aromatic nitrogens is 1. The van der Waals surface area contributed by atoms with Crippen LogP contribution in [0.1, 0.15) is 44.9 Å². The monoisotopic (exact) mass is 689 g/mol. The molecule has 1 saturated heterocycles. The van der Waals surface area contributed by atoms with E-state index in [4.69, 9.17) is 9.47 Å². The van der Waals surface area contributed by atoms with Gasteiger partial charge in [-0.1, -0.05) is 12.2 Å². The molecule has 2 aliphatic heterocycles. The summed E-state index contributed by atoms with van der Waals surface area (Å²) in [6, 6.07) is 4.27. The van der Waals surface area contributed by atoms with Crippen molar-refractivity contribution in [1.29, 1.82) is 0 Å². The van der Waals surface area contributed by atoms with Crippen LogP contribution in [0.25, 0.3) is 10.8 Å². The lowest BCUT2D eigenvalue weighted by atomic mass is 10.1. The molecular formula is C30H36BrN5O7S. The molecule has 0 bridgehead atoms. The minimum absolute atomic E-state index is 0.134. The summed E-state index contributed by atoms with van der Waals surface area (Å²) in [4.78, 5) is 48.6. The number of ether oxygens (including phenoxy) is 2. The number of halogens is 1. The van der Waals surface area contributed by atoms with Crippen LogP contribution < -0.4 is 19.5 Å². The Morgan fingerprint density at radius 3 is 2.75 bits per heavy atom. The predicted molar refractivity (Wildman–Crippen MR) is 166 cm³/mol. The van der Waals surface area contributed by atoms with Crippen molar-refractivity contribution >= 4 is 54.6 Å². The normalized spacial score (nSPS) is 28.4. The molecule has 6 rings (SSSR count). The highest BCUT2D eigenvalue weighted by Gasteiger charge is 2.62. The molecule has 0 radical (unpaired) electrons. The van der Waals surface area contributed by atoms with E-state index in [0.29, 0.717) is 31.0 Å². The lowest BCUT2D eigenvalue weighted by molar-refractivity contribution is -0.131. The second kappa shape index (κ2) is 11.8. The fraction of sp³-hybridized carbons (Fsp3) is 0.533. The number of fused-ring (bicyclic) bond motifs is 3. The molecule has 0 spiro atoms. The molecule has 3 fully saturated rings. The van der Waals surface area contributed by atoms with E-state index in [1.165, 1.54) is 4.90 Å². The second-order valence-electron chi connectivity index (χ2n) is 12.0. The van der Waals surface area contributed by atoms with Crippen molar-refractivity contribution in [1.82, 2.24) is 24.8 Å². The average Bonchev–Trinajstić information content (AvgIpc) is 3.92. The van der Waals surface area contributed by atoms with Crippen molar-refractivity contribution in [3.8, 4) is 11.6 Å². The first-order chi connectivity index (χ1) is 21.0. The van der Waals surface area contributed by atoms with Gasteiger partial charge in [0.25, 0.3) is 5.91 Å². The molecule has 4 aliphatic rings. The summed E-state index contributed by atoms with van der Waals surface area (Å²) in [5, 5.41) is 3.87. The van der Waals surface area contributed by atoms with Crippen molar-refractivity contribution in [2.45, 2.75) is 67.9 Å². The van der Waals surface area contributed by atoms with Crippen LogP contribution in [-0.2, 0) is 19.6 Å². The topological polar surface area (TPSA) is 147 Å². The van der Waals surface area contributed by atoms with Gasteiger partial charge in [0.05, 0.1) is 18.9 Å². The van der Waals surface area contributed by atoms with Crippen LogP contribution in [0.4, 0.5) is 4.79 Å². The molecule has 1 aromatic carbocycles. The predicted octanol–water partition coefficient (Wildman–Crippen LogP) is 3.10. The molecular weight excluding hydrogens is 654 g/mol. The van der Waals surface area contributed by atoms with Crippen LogP contribution in [0.3, 0.4) is 0 Å². The molecule has 4 atom stereocenters. The van der Waals surface area contributed by atoms with Gasteiger partial charge >= 0.3 is 6.03 Å². The van der Waals surface area contributed by atoms with Gasteiger partial charge in [0, 0.05) is 47.4 Å². The van der Waals surface area contributed by atoms with E-state index in [1.807, 2.05) is 24.3 Å². The lowest BCUT2D eigenvalue weighted by Gasteiger charge is -2.30. The molecule has 2 saturated carbocycles. The Bertz CT molecular complexity index is 1630. The molecule has 0 unspecified atom stereocenters. The fourth-order valence-corrected chi connectivity index (χ4v) is 7.83. The van der Waals surface area contributed by atoms with Gasteiger partial charge in [-0.15, -0.1) is 0 Å². The third kappa shape index (κ3) is 5.97. The number of carbonyl (C=O) groups is 3. The standard InChI is InChI=1S/C30H36BrN5O7S/c1-35-12-6-4-3-5-7-18-15-30(18,28(38)34-44(40,41)21-9-10-21)33-26(37)25-14-20(17-36(25)29(35)39)43-27-22-11-8-19(42-2)13-23(22)24(31)16-32-27/h5,7-8,11,13,16,18,20-21,25H,3-4,6,9-10,12,14-15,17H2,1-2H3,(H,33,37)(H,34,38)/b7-5-/t18-,20-,25+,30-/m1/s1. The first kappa shape index (κ1) is 30.6. The first-order valence-corrected chi connectivity index (χ1v) is 17.2. The van der Waals surface area contributed by atoms with E-state index in [2.05, 4.69) is 31.0 Å². The molecule has 1 aromatic heterocycles. The number of carbonyl (C=O) groups excluding carboxylic acids is 3. The summed E-state index contributed by atoms with van der Waals surface area (Å²) < 4.78 is 39.9. The van der Waals surface area contributed by atoms with E-state index in [9.17, 15) is 22.8 Å². The highest BCUT2D eigenvalue weighted by molar-refractivity contribution is 9.10. The number of hydrogen-bond donors (Lipinski definition) is 2. The number of benzene rings is 1. The highest BCUT2D eigenvalue weighted by Crippen LogP contribution is 2.46. The Balaban J connectivity index is 1.27. The Kier molecular flexibility index (Phi) is 8.24. The van der Waals surface area contributed by atoms with Crippen molar-refractivity contribution in [2.75, 3.05) is 27.2 Å². The number of sulfonamides is 1. The van der Waals surface area contributed by atoms with Crippen molar-refractivity contribution in [2.24, 2.45) is 5.92 Å². The number of rotatable bonds is 6. The summed E-state index contributed by atoms with van der Waals surface area (Å²) in [6.07, 6.45) is 8.74. The van der Waals surface area contributed by atoms with Crippen LogP contribution in [0.5, 0.6) is 11.6 Å². The zero-order valence-electron chi connectivity index (χ0n) is 24.6. The zero-order valence-corrected chi connectivity index (χ0v) is 27.0. The molecule has 44 heavy (non-hydrogen) atoms. The fourth-order valence-electron chi connectivity index (χ4n) is 6.04. The summed E-state index contributed by atoms with van der Waals surface area (Å²) in [5.41, 5.74) is -1.40. The first-order valence-electron chi connectivity index (χ1n) is 14.9. The minimum atomic E-state index is -3.81. The Morgan fingerprint density at radius 1 is 1.20 bits per heavy atom. The molecule has 2 N–H and O–H groups in total. The number of nitrogens with zero attached hydrogens (tertiary/aromatic N) is 3. The van der Waals surface area contributed by atoms with Crippen molar-refractivity contribution in [3.63, 3.8) is 0 Å². The summed E-state index contributed by atoms with van der Waals surface area (Å²) in [6.45, 7) is 0.661. The largest absolute Gasteiger partial charge is 0.497 e. The highest BCUT2D eigenvalue weighted by atomic mass is 79.9. The Morgan fingerprint density at radius 2 is 2.00 bits per heavy atom. The van der Waals surface area contributed by atoms with Gasteiger partial charge in [-0.25, -0.2) is 18.2 Å². The number of methoxy groups -OCH3 is 1. The molecule has 3 heterocycles. The van der Waals surface area contributed by atoms with Crippen molar-refractivity contribution < 1.29 is 32.3 Å². The maximum Gasteiger partial charge on any atom is 0.320 e. The van der Waals surface area contributed by atoms with Gasteiger partial charge in [0.2, 0.25) is 21.8 Å². The second-order valence-corrected chi connectivity index (χ2v) is 14.9. The smallest absolute Gasteiger partial charge is 0.320 e. The van der Waals surface area contributed by atoms with E-state index < -0.39 is 44.8 Å². The quantitative estimate of drug-likeness (QED) is 0.440. The third-order valence-corrected chi connectivity index (χ3v) is 11.3. The van der Waals surface area contributed by atoms with E-state index >= 15 is 0 Å². The van der Waals surface area contributed by atoms with E-state index in [-0.39, 0.29) is 31.3 Å². The number of urea groups is 1.